The summed E-state index contributed by atoms with van der Waals surface area (Å²) in [5.41, 5.74) is 2.90. The van der Waals surface area contributed by atoms with Crippen molar-refractivity contribution < 1.29 is 11.0 Å². The van der Waals surface area contributed by atoms with E-state index in [0.29, 0.717) is 0 Å². The molecule has 0 saturated heterocycles. The summed E-state index contributed by atoms with van der Waals surface area (Å²) in [4.78, 5) is 14.7. The number of pyridine rings is 1. The van der Waals surface area contributed by atoms with Crippen LogP contribution in [0.5, 0.6) is 0 Å². The first-order chi connectivity index (χ1) is 7.36. The predicted molar refractivity (Wildman–Crippen MR) is 83.1 cm³/mol. The summed E-state index contributed by atoms with van der Waals surface area (Å²) in [5.74, 6) is 0. The van der Waals surface area contributed by atoms with Gasteiger partial charge in [-0.3, -0.25) is 4.79 Å². The third-order valence-electron chi connectivity index (χ3n) is 2.93. The van der Waals surface area contributed by atoms with Crippen molar-refractivity contribution in [2.75, 3.05) is 11.9 Å². The number of aromatic amines is 1. The average Bonchev–Trinajstić information content (AvgIpc) is 2.30. The van der Waals surface area contributed by atoms with Crippen LogP contribution < -0.4 is 10.9 Å². The third-order valence-corrected chi connectivity index (χ3v) is 2.93. The number of fused-ring (bicyclic) bond motifs is 3. The summed E-state index contributed by atoms with van der Waals surface area (Å²) < 4.78 is 0. The van der Waals surface area contributed by atoms with E-state index in [9.17, 15) is 4.79 Å². The molecule has 0 radical (unpaired) electrons. The standard InChI is InChI=1S/C12H12N2O.2ClH.2H2O/c15-12-9-5-3-7-13-11(9)8-4-1-2-6-10(8)14-12;;;;/h1-2,4,6,13H,3,5,7H2,(H,14,15);2*1H;2*1H2. The first-order valence-electron chi connectivity index (χ1n) is 5.24. The lowest BCUT2D eigenvalue weighted by molar-refractivity contribution is 0.820. The van der Waals surface area contributed by atoms with Crippen LogP contribution in [0.3, 0.4) is 0 Å². The van der Waals surface area contributed by atoms with Gasteiger partial charge in [0.1, 0.15) is 0 Å². The Morgan fingerprint density at radius 3 is 2.47 bits per heavy atom. The second-order valence-corrected chi connectivity index (χ2v) is 3.88. The van der Waals surface area contributed by atoms with Crippen LogP contribution in [0.25, 0.3) is 10.9 Å². The van der Waals surface area contributed by atoms with E-state index < -0.39 is 0 Å². The Labute approximate surface area is 122 Å². The van der Waals surface area contributed by atoms with Gasteiger partial charge in [-0.25, -0.2) is 0 Å². The summed E-state index contributed by atoms with van der Waals surface area (Å²) in [5, 5.41) is 4.44. The quantitative estimate of drug-likeness (QED) is 0.759. The maximum atomic E-state index is 11.8. The number of halogens is 2. The molecule has 108 valence electrons. The molecule has 2 aromatic rings. The first kappa shape index (κ1) is 20.1. The van der Waals surface area contributed by atoms with Crippen molar-refractivity contribution in [2.45, 2.75) is 12.8 Å². The molecule has 0 spiro atoms. The van der Waals surface area contributed by atoms with Gasteiger partial charge >= 0.3 is 0 Å². The van der Waals surface area contributed by atoms with Gasteiger partial charge < -0.3 is 21.3 Å². The number of nitrogens with one attached hydrogen (secondary N) is 2. The number of benzene rings is 1. The molecule has 1 aromatic carbocycles. The van der Waals surface area contributed by atoms with Crippen molar-refractivity contribution >= 4 is 41.4 Å². The van der Waals surface area contributed by atoms with Gasteiger partial charge in [0.15, 0.2) is 0 Å². The van der Waals surface area contributed by atoms with Crippen molar-refractivity contribution in [1.29, 1.82) is 0 Å². The number of anilines is 1. The molecule has 1 aromatic heterocycles. The van der Waals surface area contributed by atoms with Gasteiger partial charge in [-0.1, -0.05) is 18.2 Å². The minimum atomic E-state index is 0. The SMILES string of the molecule is Cl.Cl.O.O.O=c1[nH]c2ccccc2c2c1CCCN2. The van der Waals surface area contributed by atoms with E-state index in [-0.39, 0.29) is 41.3 Å². The van der Waals surface area contributed by atoms with E-state index >= 15 is 0 Å². The molecule has 1 aliphatic heterocycles. The van der Waals surface area contributed by atoms with E-state index in [1.54, 1.807) is 0 Å². The van der Waals surface area contributed by atoms with Gasteiger partial charge in [0.2, 0.25) is 0 Å². The van der Waals surface area contributed by atoms with E-state index in [1.165, 1.54) is 0 Å². The second kappa shape index (κ2) is 8.01. The van der Waals surface area contributed by atoms with Crippen molar-refractivity contribution in [3.8, 4) is 0 Å². The Bertz CT molecular complexity index is 587. The largest absolute Gasteiger partial charge is 0.412 e. The molecular weight excluding hydrogens is 291 g/mol. The molecule has 3 rings (SSSR count). The Hall–Kier alpha value is -1.27. The van der Waals surface area contributed by atoms with E-state index in [0.717, 1.165) is 41.5 Å². The van der Waals surface area contributed by atoms with Crippen LogP contribution in [0.4, 0.5) is 5.69 Å². The smallest absolute Gasteiger partial charge is 0.253 e. The highest BCUT2D eigenvalue weighted by Gasteiger charge is 2.14. The zero-order chi connectivity index (χ0) is 10.3. The van der Waals surface area contributed by atoms with E-state index in [4.69, 9.17) is 0 Å². The van der Waals surface area contributed by atoms with Gasteiger partial charge in [0.05, 0.1) is 11.2 Å². The van der Waals surface area contributed by atoms with Crippen LogP contribution >= 0.6 is 24.8 Å². The molecule has 5 nitrogen and oxygen atoms in total. The molecule has 0 atom stereocenters. The maximum absolute atomic E-state index is 11.8. The van der Waals surface area contributed by atoms with Crippen LogP contribution in [0.15, 0.2) is 29.1 Å². The minimum Gasteiger partial charge on any atom is -0.412 e. The fourth-order valence-corrected chi connectivity index (χ4v) is 2.20. The van der Waals surface area contributed by atoms with Gasteiger partial charge in [-0.2, -0.15) is 0 Å². The highest BCUT2D eigenvalue weighted by molar-refractivity contribution is 5.92. The van der Waals surface area contributed by atoms with Crippen LogP contribution in [0, 0.1) is 0 Å². The minimum absolute atomic E-state index is 0. The van der Waals surface area contributed by atoms with Gasteiger partial charge in [0, 0.05) is 17.5 Å². The van der Waals surface area contributed by atoms with Gasteiger partial charge in [-0.15, -0.1) is 24.8 Å². The van der Waals surface area contributed by atoms with Crippen molar-refractivity contribution in [1.82, 2.24) is 4.98 Å². The first-order valence-corrected chi connectivity index (χ1v) is 5.24. The lowest BCUT2D eigenvalue weighted by Gasteiger charge is -2.18. The fraction of sp³-hybridized carbons (Fsp3) is 0.250. The van der Waals surface area contributed by atoms with Crippen LogP contribution in [-0.4, -0.2) is 22.5 Å². The summed E-state index contributed by atoms with van der Waals surface area (Å²) in [7, 11) is 0. The number of rotatable bonds is 0. The predicted octanol–water partition coefficient (Wildman–Crippen LogP) is 1.08. The zero-order valence-corrected chi connectivity index (χ0v) is 11.8. The monoisotopic (exact) mass is 308 g/mol. The Morgan fingerprint density at radius 1 is 1.05 bits per heavy atom. The van der Waals surface area contributed by atoms with Gasteiger partial charge in [0.25, 0.3) is 5.56 Å². The topological polar surface area (TPSA) is 108 Å². The van der Waals surface area contributed by atoms with Gasteiger partial charge in [-0.05, 0) is 18.9 Å². The lowest BCUT2D eigenvalue weighted by atomic mass is 10.0. The van der Waals surface area contributed by atoms with E-state index in [1.807, 2.05) is 24.3 Å². The molecule has 0 unspecified atom stereocenters. The Kier molecular flexibility index (Phi) is 8.46. The van der Waals surface area contributed by atoms with Crippen LogP contribution in [0.1, 0.15) is 12.0 Å². The van der Waals surface area contributed by atoms with Crippen LogP contribution in [-0.2, 0) is 6.42 Å². The summed E-state index contributed by atoms with van der Waals surface area (Å²) in [6, 6.07) is 7.92. The van der Waals surface area contributed by atoms with Crippen LogP contribution in [0.2, 0.25) is 0 Å². The van der Waals surface area contributed by atoms with Crippen molar-refractivity contribution in [3.05, 3.63) is 40.2 Å². The normalized spacial score (nSPS) is 11.6. The molecule has 2 heterocycles. The second-order valence-electron chi connectivity index (χ2n) is 3.88. The molecule has 7 heteroatoms. The highest BCUT2D eigenvalue weighted by atomic mass is 35.5. The zero-order valence-electron chi connectivity index (χ0n) is 10.2. The highest BCUT2D eigenvalue weighted by Crippen LogP contribution is 2.26. The maximum Gasteiger partial charge on any atom is 0.253 e. The summed E-state index contributed by atoms with van der Waals surface area (Å²) >= 11 is 0. The Balaban J connectivity index is 0. The summed E-state index contributed by atoms with van der Waals surface area (Å²) in [6.07, 6.45) is 1.91. The number of aromatic nitrogens is 1. The molecular formula is C12H18Cl2N2O3. The van der Waals surface area contributed by atoms with E-state index in [2.05, 4.69) is 10.3 Å². The Morgan fingerprint density at radius 2 is 1.74 bits per heavy atom. The molecule has 19 heavy (non-hydrogen) atoms. The molecule has 1 aliphatic rings. The summed E-state index contributed by atoms with van der Waals surface area (Å²) in [6.45, 7) is 0.959. The van der Waals surface area contributed by atoms with Crippen molar-refractivity contribution in [2.24, 2.45) is 0 Å². The molecule has 0 amide bonds. The lowest BCUT2D eigenvalue weighted by Crippen LogP contribution is -2.22. The number of para-hydroxylation sites is 1. The number of hydrogen-bond acceptors (Lipinski definition) is 2. The number of hydrogen-bond donors (Lipinski definition) is 2. The number of H-pyrrole nitrogens is 1. The molecule has 0 saturated carbocycles. The fourth-order valence-electron chi connectivity index (χ4n) is 2.20. The molecule has 0 fully saturated rings. The van der Waals surface area contributed by atoms with Crippen molar-refractivity contribution in [3.63, 3.8) is 0 Å². The molecule has 0 bridgehead atoms. The molecule has 0 aliphatic carbocycles. The average molecular weight is 309 g/mol. The molecule has 6 N–H and O–H groups in total. The third kappa shape index (κ3) is 3.39.